The second kappa shape index (κ2) is 6.37. The predicted octanol–water partition coefficient (Wildman–Crippen LogP) is 3.06. The third-order valence-electron chi connectivity index (χ3n) is 5.30. The molecule has 3 nitrogen and oxygen atoms in total. The lowest BCUT2D eigenvalue weighted by molar-refractivity contribution is -0.127. The molecular weight excluding hydrogens is 281 g/mol. The Morgan fingerprint density at radius 3 is 2.50 bits per heavy atom. The van der Waals surface area contributed by atoms with Gasteiger partial charge in [-0.2, -0.15) is 0 Å². The molecule has 0 aliphatic heterocycles. The summed E-state index contributed by atoms with van der Waals surface area (Å²) in [6, 6.07) is 6.64. The summed E-state index contributed by atoms with van der Waals surface area (Å²) in [7, 11) is 0. The molecule has 4 heteroatoms. The van der Waals surface area contributed by atoms with E-state index in [1.807, 2.05) is 6.07 Å². The second-order valence-corrected chi connectivity index (χ2v) is 6.78. The number of rotatable bonds is 3. The molecule has 2 aliphatic rings. The van der Waals surface area contributed by atoms with Crippen molar-refractivity contribution in [1.82, 2.24) is 5.32 Å². The van der Waals surface area contributed by atoms with Crippen LogP contribution >= 0.6 is 0 Å². The Labute approximate surface area is 130 Å². The summed E-state index contributed by atoms with van der Waals surface area (Å²) in [5.74, 6) is -0.241. The van der Waals surface area contributed by atoms with Gasteiger partial charge < -0.3 is 10.4 Å². The van der Waals surface area contributed by atoms with Crippen LogP contribution in [0.3, 0.4) is 0 Å². The first kappa shape index (κ1) is 15.5. The van der Waals surface area contributed by atoms with Gasteiger partial charge in [-0.1, -0.05) is 25.0 Å². The number of hydrogen-bond acceptors (Lipinski definition) is 2. The second-order valence-electron chi connectivity index (χ2n) is 6.78. The van der Waals surface area contributed by atoms with E-state index in [9.17, 15) is 14.3 Å². The van der Waals surface area contributed by atoms with Gasteiger partial charge in [0.2, 0.25) is 5.91 Å². The number of aliphatic hydroxyl groups excluding tert-OH is 1. The maximum absolute atomic E-state index is 13.6. The topological polar surface area (TPSA) is 49.3 Å². The van der Waals surface area contributed by atoms with E-state index in [-0.39, 0.29) is 23.9 Å². The van der Waals surface area contributed by atoms with Crippen molar-refractivity contribution < 1.29 is 14.3 Å². The Kier molecular flexibility index (Phi) is 4.48. The van der Waals surface area contributed by atoms with Crippen LogP contribution < -0.4 is 5.32 Å². The van der Waals surface area contributed by atoms with Gasteiger partial charge in [0.15, 0.2) is 0 Å². The number of halogens is 1. The molecule has 2 fully saturated rings. The molecule has 0 spiro atoms. The first-order valence-corrected chi connectivity index (χ1v) is 8.35. The molecule has 1 aromatic rings. The summed E-state index contributed by atoms with van der Waals surface area (Å²) in [4.78, 5) is 12.9. The molecule has 3 rings (SSSR count). The van der Waals surface area contributed by atoms with Crippen LogP contribution in [-0.4, -0.2) is 23.2 Å². The largest absolute Gasteiger partial charge is 0.393 e. The molecule has 1 amide bonds. The molecule has 1 aromatic carbocycles. The van der Waals surface area contributed by atoms with Crippen molar-refractivity contribution in [3.05, 3.63) is 35.6 Å². The van der Waals surface area contributed by atoms with Gasteiger partial charge in [-0.3, -0.25) is 4.79 Å². The van der Waals surface area contributed by atoms with Crippen molar-refractivity contribution in [2.45, 2.75) is 68.9 Å². The molecule has 2 aliphatic carbocycles. The number of aliphatic hydroxyl groups is 1. The Balaban J connectivity index is 1.77. The van der Waals surface area contributed by atoms with Crippen LogP contribution in [-0.2, 0) is 10.2 Å². The van der Waals surface area contributed by atoms with Crippen molar-refractivity contribution in [1.29, 1.82) is 0 Å². The first-order valence-electron chi connectivity index (χ1n) is 8.35. The third kappa shape index (κ3) is 3.02. The normalized spacial score (nSPS) is 27.5. The molecule has 0 atom stereocenters. The minimum atomic E-state index is -0.571. The molecular formula is C18H24FNO2. The molecule has 2 N–H and O–H groups in total. The zero-order chi connectivity index (χ0) is 15.6. The van der Waals surface area contributed by atoms with Gasteiger partial charge in [0.25, 0.3) is 0 Å². The number of nitrogens with one attached hydrogen (secondary N) is 1. The quantitative estimate of drug-likeness (QED) is 0.901. The van der Waals surface area contributed by atoms with Crippen LogP contribution in [0.15, 0.2) is 24.3 Å². The van der Waals surface area contributed by atoms with E-state index in [0.717, 1.165) is 56.9 Å². The Morgan fingerprint density at radius 1 is 1.18 bits per heavy atom. The van der Waals surface area contributed by atoms with Gasteiger partial charge in [0, 0.05) is 6.04 Å². The van der Waals surface area contributed by atoms with E-state index in [0.29, 0.717) is 0 Å². The van der Waals surface area contributed by atoms with Crippen LogP contribution in [0.25, 0.3) is 0 Å². The fraction of sp³-hybridized carbons (Fsp3) is 0.611. The minimum Gasteiger partial charge on any atom is -0.393 e. The summed E-state index contributed by atoms with van der Waals surface area (Å²) >= 11 is 0. The van der Waals surface area contributed by atoms with E-state index >= 15 is 0 Å². The fourth-order valence-electron chi connectivity index (χ4n) is 3.96. The molecule has 0 heterocycles. The molecule has 0 radical (unpaired) electrons. The van der Waals surface area contributed by atoms with Crippen LogP contribution in [0.4, 0.5) is 4.39 Å². The molecule has 120 valence electrons. The van der Waals surface area contributed by atoms with Crippen LogP contribution in [0.2, 0.25) is 0 Å². The van der Waals surface area contributed by atoms with Gasteiger partial charge in [-0.05, 0) is 56.2 Å². The molecule has 0 saturated heterocycles. The highest BCUT2D eigenvalue weighted by Gasteiger charge is 2.43. The molecule has 0 aromatic heterocycles. The van der Waals surface area contributed by atoms with Crippen LogP contribution in [0.1, 0.15) is 56.9 Å². The smallest absolute Gasteiger partial charge is 0.230 e. The van der Waals surface area contributed by atoms with Crippen molar-refractivity contribution in [2.75, 3.05) is 0 Å². The standard InChI is InChI=1S/C18H24FNO2/c19-14-5-3-4-13(12-14)18(10-1-2-11-18)17(22)20-15-6-8-16(21)9-7-15/h3-5,12,15-16,21H,1-2,6-11H2,(H,20,22). The Bertz CT molecular complexity index is 532. The number of hydrogen-bond donors (Lipinski definition) is 2. The summed E-state index contributed by atoms with van der Waals surface area (Å²) in [5, 5.41) is 12.7. The average Bonchev–Trinajstić information content (AvgIpc) is 3.00. The van der Waals surface area contributed by atoms with Crippen molar-refractivity contribution >= 4 is 5.91 Å². The molecule has 0 unspecified atom stereocenters. The lowest BCUT2D eigenvalue weighted by atomic mass is 9.77. The van der Waals surface area contributed by atoms with Gasteiger partial charge in [-0.15, -0.1) is 0 Å². The van der Waals surface area contributed by atoms with Gasteiger partial charge in [-0.25, -0.2) is 4.39 Å². The van der Waals surface area contributed by atoms with E-state index in [1.165, 1.54) is 12.1 Å². The van der Waals surface area contributed by atoms with Gasteiger partial charge in [0.1, 0.15) is 5.82 Å². The number of carbonyl (C=O) groups is 1. The van der Waals surface area contributed by atoms with E-state index < -0.39 is 5.41 Å². The highest BCUT2D eigenvalue weighted by molar-refractivity contribution is 5.88. The average molecular weight is 305 g/mol. The maximum atomic E-state index is 13.6. The predicted molar refractivity (Wildman–Crippen MR) is 83.0 cm³/mol. The van der Waals surface area contributed by atoms with E-state index in [2.05, 4.69) is 5.32 Å². The third-order valence-corrected chi connectivity index (χ3v) is 5.30. The summed E-state index contributed by atoms with van der Waals surface area (Å²) in [5.41, 5.74) is 0.233. The number of carbonyl (C=O) groups excluding carboxylic acids is 1. The minimum absolute atomic E-state index is 0.0389. The Morgan fingerprint density at radius 2 is 1.86 bits per heavy atom. The molecule has 0 bridgehead atoms. The van der Waals surface area contributed by atoms with Crippen molar-refractivity contribution in [3.63, 3.8) is 0 Å². The van der Waals surface area contributed by atoms with E-state index in [4.69, 9.17) is 0 Å². The SMILES string of the molecule is O=C(NC1CCC(O)CC1)C1(c2cccc(F)c2)CCCC1. The monoisotopic (exact) mass is 305 g/mol. The summed E-state index contributed by atoms with van der Waals surface area (Å²) in [6.45, 7) is 0. The highest BCUT2D eigenvalue weighted by Crippen LogP contribution is 2.41. The lowest BCUT2D eigenvalue weighted by Gasteiger charge is -2.33. The summed E-state index contributed by atoms with van der Waals surface area (Å²) < 4.78 is 13.6. The maximum Gasteiger partial charge on any atom is 0.230 e. The van der Waals surface area contributed by atoms with E-state index in [1.54, 1.807) is 6.07 Å². The Hall–Kier alpha value is -1.42. The fourth-order valence-corrected chi connectivity index (χ4v) is 3.96. The summed E-state index contributed by atoms with van der Waals surface area (Å²) in [6.07, 6.45) is 6.51. The van der Waals surface area contributed by atoms with Gasteiger partial charge in [0.05, 0.1) is 11.5 Å². The zero-order valence-corrected chi connectivity index (χ0v) is 12.9. The molecule has 2 saturated carbocycles. The lowest BCUT2D eigenvalue weighted by Crippen LogP contribution is -2.48. The van der Waals surface area contributed by atoms with Crippen LogP contribution in [0.5, 0.6) is 0 Å². The van der Waals surface area contributed by atoms with Gasteiger partial charge >= 0.3 is 0 Å². The first-order chi connectivity index (χ1) is 10.6. The zero-order valence-electron chi connectivity index (χ0n) is 12.9. The van der Waals surface area contributed by atoms with Crippen molar-refractivity contribution in [3.8, 4) is 0 Å². The van der Waals surface area contributed by atoms with Crippen molar-refractivity contribution in [2.24, 2.45) is 0 Å². The van der Waals surface area contributed by atoms with Crippen LogP contribution in [0, 0.1) is 5.82 Å². The highest BCUT2D eigenvalue weighted by atomic mass is 19.1. The number of benzene rings is 1. The molecule has 22 heavy (non-hydrogen) atoms. The number of amides is 1.